The van der Waals surface area contributed by atoms with Gasteiger partial charge in [-0.2, -0.15) is 5.10 Å². The maximum Gasteiger partial charge on any atom is 0.278 e. The quantitative estimate of drug-likeness (QED) is 0.617. The number of aryl methyl sites for hydroxylation is 1. The van der Waals surface area contributed by atoms with Crippen molar-refractivity contribution >= 4 is 45.0 Å². The maximum atomic E-state index is 13.1. The molecule has 140 valence electrons. The summed E-state index contributed by atoms with van der Waals surface area (Å²) in [5.41, 5.74) is 1.49. The molecule has 0 atom stereocenters. The molecule has 0 unspecified atom stereocenters. The molecule has 3 rings (SSSR count). The molecule has 0 aliphatic carbocycles. The van der Waals surface area contributed by atoms with Crippen LogP contribution in [0.15, 0.2) is 36.5 Å². The van der Waals surface area contributed by atoms with Gasteiger partial charge in [-0.05, 0) is 31.3 Å². The molecule has 0 aliphatic rings. The van der Waals surface area contributed by atoms with Crippen molar-refractivity contribution in [1.82, 2.24) is 19.7 Å². The first-order valence-electron chi connectivity index (χ1n) is 8.51. The van der Waals surface area contributed by atoms with Crippen LogP contribution in [0.4, 0.5) is 5.13 Å². The Morgan fingerprint density at radius 2 is 1.88 bits per heavy atom. The molecule has 0 N–H and O–H groups in total. The van der Waals surface area contributed by atoms with Crippen molar-refractivity contribution < 1.29 is 4.79 Å². The standard InChI is InChI=1S/C18H23N5OS.ClH/c1-4-22(5-2)12-13-23(17(24)15-10-11-19-21(15)3)18-20-14-8-6-7-9-16(14)25-18;/h6-11H,4-5,12-13H2,1-3H3;1H. The second kappa shape index (κ2) is 9.12. The van der Waals surface area contributed by atoms with Crippen LogP contribution >= 0.6 is 23.7 Å². The first-order valence-corrected chi connectivity index (χ1v) is 9.33. The Morgan fingerprint density at radius 3 is 2.50 bits per heavy atom. The summed E-state index contributed by atoms with van der Waals surface area (Å²) < 4.78 is 2.70. The maximum absolute atomic E-state index is 13.1. The number of anilines is 1. The molecule has 2 aromatic heterocycles. The molecule has 0 spiro atoms. The van der Waals surface area contributed by atoms with Gasteiger partial charge in [-0.15, -0.1) is 12.4 Å². The lowest BCUT2D eigenvalue weighted by Crippen LogP contribution is -2.39. The number of hydrogen-bond donors (Lipinski definition) is 0. The fourth-order valence-corrected chi connectivity index (χ4v) is 3.75. The molecular formula is C18H24ClN5OS. The van der Waals surface area contributed by atoms with E-state index in [4.69, 9.17) is 0 Å². The molecular weight excluding hydrogens is 370 g/mol. The van der Waals surface area contributed by atoms with Gasteiger partial charge >= 0.3 is 0 Å². The monoisotopic (exact) mass is 393 g/mol. The highest BCUT2D eigenvalue weighted by Gasteiger charge is 2.23. The van der Waals surface area contributed by atoms with Crippen LogP contribution in [0.2, 0.25) is 0 Å². The van der Waals surface area contributed by atoms with Crippen LogP contribution < -0.4 is 4.90 Å². The molecule has 8 heteroatoms. The largest absolute Gasteiger partial charge is 0.302 e. The van der Waals surface area contributed by atoms with E-state index in [9.17, 15) is 4.79 Å². The Labute approximate surface area is 163 Å². The third-order valence-corrected chi connectivity index (χ3v) is 5.39. The van der Waals surface area contributed by atoms with Crippen molar-refractivity contribution in [3.8, 4) is 0 Å². The van der Waals surface area contributed by atoms with E-state index in [0.29, 0.717) is 12.2 Å². The number of amides is 1. The Kier molecular flexibility index (Phi) is 7.14. The van der Waals surface area contributed by atoms with Gasteiger partial charge in [-0.25, -0.2) is 4.98 Å². The molecule has 6 nitrogen and oxygen atoms in total. The molecule has 1 aromatic carbocycles. The number of rotatable bonds is 7. The van der Waals surface area contributed by atoms with Gasteiger partial charge in [0.05, 0.1) is 10.2 Å². The number of hydrogen-bond acceptors (Lipinski definition) is 5. The minimum Gasteiger partial charge on any atom is -0.302 e. The highest BCUT2D eigenvalue weighted by Crippen LogP contribution is 2.29. The number of fused-ring (bicyclic) bond motifs is 1. The normalized spacial score (nSPS) is 10.9. The second-order valence-corrected chi connectivity index (χ2v) is 6.80. The van der Waals surface area contributed by atoms with Gasteiger partial charge in [0.2, 0.25) is 0 Å². The number of halogens is 1. The van der Waals surface area contributed by atoms with Gasteiger partial charge in [-0.1, -0.05) is 37.3 Å². The van der Waals surface area contributed by atoms with Gasteiger partial charge in [0.15, 0.2) is 5.13 Å². The van der Waals surface area contributed by atoms with E-state index in [1.807, 2.05) is 24.3 Å². The summed E-state index contributed by atoms with van der Waals surface area (Å²) in [5.74, 6) is -0.0637. The molecule has 2 heterocycles. The first kappa shape index (κ1) is 20.4. The van der Waals surface area contributed by atoms with Crippen molar-refractivity contribution in [3.05, 3.63) is 42.2 Å². The summed E-state index contributed by atoms with van der Waals surface area (Å²) >= 11 is 1.55. The lowest BCUT2D eigenvalue weighted by molar-refractivity contribution is 0.0974. The minimum absolute atomic E-state index is 0. The smallest absolute Gasteiger partial charge is 0.278 e. The Balaban J connectivity index is 0.00000243. The van der Waals surface area contributed by atoms with E-state index in [1.54, 1.807) is 40.2 Å². The zero-order valence-electron chi connectivity index (χ0n) is 15.3. The highest BCUT2D eigenvalue weighted by atomic mass is 35.5. The van der Waals surface area contributed by atoms with E-state index < -0.39 is 0 Å². The zero-order valence-corrected chi connectivity index (χ0v) is 16.9. The summed E-state index contributed by atoms with van der Waals surface area (Å²) in [5, 5.41) is 4.86. The summed E-state index contributed by atoms with van der Waals surface area (Å²) in [6.45, 7) is 7.61. The first-order chi connectivity index (χ1) is 12.1. The summed E-state index contributed by atoms with van der Waals surface area (Å²) in [4.78, 5) is 21.9. The third kappa shape index (κ3) is 4.23. The van der Waals surface area contributed by atoms with Gasteiger partial charge in [-0.3, -0.25) is 14.4 Å². The number of carbonyl (C=O) groups is 1. The van der Waals surface area contributed by atoms with Crippen LogP contribution in [-0.2, 0) is 7.05 Å². The Bertz CT molecular complexity index is 825. The van der Waals surface area contributed by atoms with Crippen LogP contribution in [0.1, 0.15) is 24.3 Å². The van der Waals surface area contributed by atoms with Crippen molar-refractivity contribution in [2.24, 2.45) is 7.05 Å². The molecule has 0 aliphatic heterocycles. The second-order valence-electron chi connectivity index (χ2n) is 5.79. The minimum atomic E-state index is -0.0637. The number of thiazole rings is 1. The highest BCUT2D eigenvalue weighted by molar-refractivity contribution is 7.22. The van der Waals surface area contributed by atoms with E-state index in [1.165, 1.54) is 0 Å². The fourth-order valence-electron chi connectivity index (χ4n) is 2.76. The Morgan fingerprint density at radius 1 is 1.15 bits per heavy atom. The Hall–Kier alpha value is -1.96. The molecule has 0 saturated heterocycles. The van der Waals surface area contributed by atoms with E-state index in [2.05, 4.69) is 28.8 Å². The molecule has 26 heavy (non-hydrogen) atoms. The molecule has 0 bridgehead atoms. The van der Waals surface area contributed by atoms with E-state index in [-0.39, 0.29) is 18.3 Å². The molecule has 3 aromatic rings. The molecule has 0 fully saturated rings. The predicted molar refractivity (Wildman–Crippen MR) is 110 cm³/mol. The van der Waals surface area contributed by atoms with Gasteiger partial charge in [0, 0.05) is 26.3 Å². The van der Waals surface area contributed by atoms with Crippen LogP contribution in [0.5, 0.6) is 0 Å². The number of aromatic nitrogens is 3. The van der Waals surface area contributed by atoms with Crippen LogP contribution in [0.3, 0.4) is 0 Å². The van der Waals surface area contributed by atoms with Crippen molar-refractivity contribution in [2.45, 2.75) is 13.8 Å². The molecule has 0 saturated carbocycles. The lowest BCUT2D eigenvalue weighted by Gasteiger charge is -2.24. The van der Waals surface area contributed by atoms with Crippen molar-refractivity contribution in [2.75, 3.05) is 31.1 Å². The average molecular weight is 394 g/mol. The lowest BCUT2D eigenvalue weighted by atomic mass is 10.3. The number of carbonyl (C=O) groups excluding carboxylic acids is 1. The number of likely N-dealkylation sites (N-methyl/N-ethyl adjacent to an activating group) is 1. The number of benzene rings is 1. The van der Waals surface area contributed by atoms with Gasteiger partial charge in [0.1, 0.15) is 5.69 Å². The summed E-state index contributed by atoms with van der Waals surface area (Å²) in [6.07, 6.45) is 1.65. The van der Waals surface area contributed by atoms with Gasteiger partial charge in [0.25, 0.3) is 5.91 Å². The van der Waals surface area contributed by atoms with Crippen LogP contribution in [0, 0.1) is 0 Å². The van der Waals surface area contributed by atoms with E-state index in [0.717, 1.165) is 35.0 Å². The average Bonchev–Trinajstić information content (AvgIpc) is 3.24. The zero-order chi connectivity index (χ0) is 17.8. The third-order valence-electron chi connectivity index (χ3n) is 4.33. The van der Waals surface area contributed by atoms with Crippen LogP contribution in [-0.4, -0.2) is 51.8 Å². The SMILES string of the molecule is CCN(CC)CCN(C(=O)c1ccnn1C)c1nc2ccccc2s1.Cl. The van der Waals surface area contributed by atoms with E-state index >= 15 is 0 Å². The number of para-hydroxylation sites is 1. The fraction of sp³-hybridized carbons (Fsp3) is 0.389. The van der Waals surface area contributed by atoms with Crippen molar-refractivity contribution in [1.29, 1.82) is 0 Å². The van der Waals surface area contributed by atoms with Crippen LogP contribution in [0.25, 0.3) is 10.2 Å². The summed E-state index contributed by atoms with van der Waals surface area (Å²) in [7, 11) is 1.79. The van der Waals surface area contributed by atoms with Gasteiger partial charge < -0.3 is 4.90 Å². The predicted octanol–water partition coefficient (Wildman–Crippen LogP) is 3.44. The molecule has 0 radical (unpaired) electrons. The topological polar surface area (TPSA) is 54.3 Å². The number of nitrogens with zero attached hydrogens (tertiary/aromatic N) is 5. The van der Waals surface area contributed by atoms with Crippen molar-refractivity contribution in [3.63, 3.8) is 0 Å². The summed E-state index contributed by atoms with van der Waals surface area (Å²) in [6, 6.07) is 9.72. The molecule has 1 amide bonds.